The predicted octanol–water partition coefficient (Wildman–Crippen LogP) is 4.30. The zero-order valence-corrected chi connectivity index (χ0v) is 13.5. The van der Waals surface area contributed by atoms with Crippen LogP contribution in [0.4, 0.5) is 26.3 Å². The first-order chi connectivity index (χ1) is 12.4. The topological polar surface area (TPSA) is 46.5 Å². The highest BCUT2D eigenvalue weighted by Gasteiger charge is 2.45. The van der Waals surface area contributed by atoms with E-state index in [1.807, 2.05) is 0 Å². The first-order valence-electron chi connectivity index (χ1n) is 7.45. The number of rotatable bonds is 2. The molecule has 1 N–H and O–H groups in total. The van der Waals surface area contributed by atoms with Crippen molar-refractivity contribution in [2.45, 2.75) is 18.9 Å². The molecule has 0 saturated carbocycles. The lowest BCUT2D eigenvalue weighted by Gasteiger charge is -2.20. The first kappa shape index (κ1) is 19.0. The minimum Gasteiger partial charge on any atom is -0.425 e. The molecule has 0 saturated heterocycles. The van der Waals surface area contributed by atoms with Gasteiger partial charge in [0.2, 0.25) is 5.79 Å². The van der Waals surface area contributed by atoms with Crippen molar-refractivity contribution in [3.63, 3.8) is 0 Å². The van der Waals surface area contributed by atoms with Gasteiger partial charge in [-0.15, -0.1) is 0 Å². The standard InChI is InChI=1S/C18H10F6O3/c1-17(26)15(8-2-4-9(5-3-8)18(22,23)24)14(16(25)27-17)13-11(20)6-10(19)7-12(13)21/h2-7,26H,1H3. The quantitative estimate of drug-likeness (QED) is 0.617. The normalized spacial score (nSPS) is 20.2. The number of hydrogen-bond donors (Lipinski definition) is 1. The summed E-state index contributed by atoms with van der Waals surface area (Å²) in [6.07, 6.45) is -4.63. The molecule has 0 spiro atoms. The molecular formula is C18H10F6O3. The van der Waals surface area contributed by atoms with Crippen molar-refractivity contribution in [1.29, 1.82) is 0 Å². The number of alkyl halides is 3. The maximum absolute atomic E-state index is 14.1. The number of halogens is 6. The second kappa shape index (κ2) is 6.12. The molecule has 2 aromatic rings. The van der Waals surface area contributed by atoms with Crippen molar-refractivity contribution in [3.05, 3.63) is 70.5 Å². The Morgan fingerprint density at radius 1 is 1.00 bits per heavy atom. The van der Waals surface area contributed by atoms with Gasteiger partial charge in [-0.3, -0.25) is 0 Å². The Kier molecular flexibility index (Phi) is 4.30. The van der Waals surface area contributed by atoms with Gasteiger partial charge >= 0.3 is 12.1 Å². The zero-order valence-electron chi connectivity index (χ0n) is 13.5. The largest absolute Gasteiger partial charge is 0.425 e. The maximum atomic E-state index is 14.1. The number of aliphatic hydroxyl groups is 1. The second-order valence-electron chi connectivity index (χ2n) is 5.94. The van der Waals surface area contributed by atoms with E-state index in [0.29, 0.717) is 24.3 Å². The highest BCUT2D eigenvalue weighted by Crippen LogP contribution is 2.44. The van der Waals surface area contributed by atoms with Gasteiger partial charge < -0.3 is 9.84 Å². The molecule has 1 aliphatic rings. The van der Waals surface area contributed by atoms with Gasteiger partial charge in [-0.1, -0.05) is 12.1 Å². The van der Waals surface area contributed by atoms with Crippen LogP contribution in [0, 0.1) is 17.5 Å². The zero-order chi connectivity index (χ0) is 20.1. The summed E-state index contributed by atoms with van der Waals surface area (Å²) < 4.78 is 84.3. The van der Waals surface area contributed by atoms with E-state index >= 15 is 0 Å². The van der Waals surface area contributed by atoms with Crippen molar-refractivity contribution in [3.8, 4) is 0 Å². The fourth-order valence-corrected chi connectivity index (χ4v) is 2.86. The van der Waals surface area contributed by atoms with Gasteiger partial charge in [0.25, 0.3) is 0 Å². The lowest BCUT2D eigenvalue weighted by atomic mass is 9.90. The smallest absolute Gasteiger partial charge is 0.416 e. The van der Waals surface area contributed by atoms with Gasteiger partial charge in [-0.05, 0) is 17.7 Å². The van der Waals surface area contributed by atoms with Crippen LogP contribution < -0.4 is 0 Å². The summed E-state index contributed by atoms with van der Waals surface area (Å²) in [6, 6.07) is 3.86. The summed E-state index contributed by atoms with van der Waals surface area (Å²) in [6.45, 7) is 0.990. The Hall–Kier alpha value is -2.81. The Bertz CT molecular complexity index is 935. The fourth-order valence-electron chi connectivity index (χ4n) is 2.86. The molecule has 3 nitrogen and oxygen atoms in total. The average Bonchev–Trinajstić information content (AvgIpc) is 2.74. The summed E-state index contributed by atoms with van der Waals surface area (Å²) in [5.74, 6) is -7.76. The Morgan fingerprint density at radius 2 is 1.52 bits per heavy atom. The molecule has 27 heavy (non-hydrogen) atoms. The van der Waals surface area contributed by atoms with Gasteiger partial charge in [-0.25, -0.2) is 18.0 Å². The van der Waals surface area contributed by atoms with Gasteiger partial charge in [0.05, 0.1) is 16.7 Å². The third-order valence-electron chi connectivity index (χ3n) is 3.97. The molecular weight excluding hydrogens is 378 g/mol. The van der Waals surface area contributed by atoms with Crippen LogP contribution >= 0.6 is 0 Å². The van der Waals surface area contributed by atoms with Crippen molar-refractivity contribution >= 4 is 17.1 Å². The van der Waals surface area contributed by atoms with Gasteiger partial charge in [0.1, 0.15) is 17.5 Å². The summed E-state index contributed by atoms with van der Waals surface area (Å²) in [5, 5.41) is 10.3. The molecule has 3 rings (SSSR count). The molecule has 9 heteroatoms. The molecule has 142 valence electrons. The summed E-state index contributed by atoms with van der Waals surface area (Å²) in [5.41, 5.74) is -3.26. The maximum Gasteiger partial charge on any atom is 0.416 e. The van der Waals surface area contributed by atoms with Crippen molar-refractivity contribution in [2.75, 3.05) is 0 Å². The molecule has 1 unspecified atom stereocenters. The third kappa shape index (κ3) is 3.30. The van der Waals surface area contributed by atoms with Crippen molar-refractivity contribution in [2.24, 2.45) is 0 Å². The van der Waals surface area contributed by atoms with Crippen LogP contribution in [0.1, 0.15) is 23.6 Å². The number of carbonyl (C=O) groups is 1. The molecule has 0 aliphatic carbocycles. The number of esters is 1. The van der Waals surface area contributed by atoms with Gasteiger partial charge in [0.15, 0.2) is 0 Å². The minimum absolute atomic E-state index is 0.128. The molecule has 0 fully saturated rings. The van der Waals surface area contributed by atoms with E-state index in [1.54, 1.807) is 0 Å². The Labute approximate surface area is 148 Å². The van der Waals surface area contributed by atoms with Crippen LogP contribution in [0.15, 0.2) is 36.4 Å². The van der Waals surface area contributed by atoms with E-state index in [9.17, 15) is 36.2 Å². The van der Waals surface area contributed by atoms with Gasteiger partial charge in [0, 0.05) is 24.6 Å². The van der Waals surface area contributed by atoms with E-state index in [-0.39, 0.29) is 5.56 Å². The van der Waals surface area contributed by atoms with Crippen LogP contribution in [-0.2, 0) is 15.7 Å². The highest BCUT2D eigenvalue weighted by molar-refractivity contribution is 6.28. The monoisotopic (exact) mass is 388 g/mol. The molecule has 0 amide bonds. The number of cyclic esters (lactones) is 1. The van der Waals surface area contributed by atoms with Crippen LogP contribution in [0.25, 0.3) is 11.1 Å². The molecule has 0 bridgehead atoms. The highest BCUT2D eigenvalue weighted by atomic mass is 19.4. The van der Waals surface area contributed by atoms with E-state index in [4.69, 9.17) is 4.74 Å². The fraction of sp³-hybridized carbons (Fsp3) is 0.167. The Morgan fingerprint density at radius 3 is 2.00 bits per heavy atom. The number of carbonyl (C=O) groups excluding carboxylic acids is 1. The average molecular weight is 388 g/mol. The molecule has 1 heterocycles. The van der Waals surface area contributed by atoms with E-state index in [2.05, 4.69) is 0 Å². The van der Waals surface area contributed by atoms with Crippen LogP contribution in [-0.4, -0.2) is 16.9 Å². The molecule has 1 atom stereocenters. The summed E-state index contributed by atoms with van der Waals surface area (Å²) >= 11 is 0. The van der Waals surface area contributed by atoms with E-state index in [0.717, 1.165) is 19.1 Å². The second-order valence-corrected chi connectivity index (χ2v) is 5.94. The minimum atomic E-state index is -4.63. The summed E-state index contributed by atoms with van der Waals surface area (Å²) in [4.78, 5) is 12.1. The predicted molar refractivity (Wildman–Crippen MR) is 81.3 cm³/mol. The lowest BCUT2D eigenvalue weighted by molar-refractivity contribution is -0.169. The number of hydrogen-bond acceptors (Lipinski definition) is 3. The van der Waals surface area contributed by atoms with E-state index < -0.39 is 57.7 Å². The molecule has 0 radical (unpaired) electrons. The van der Waals surface area contributed by atoms with Crippen LogP contribution in [0.5, 0.6) is 0 Å². The molecule has 1 aliphatic heterocycles. The number of ether oxygens (including phenoxy) is 1. The van der Waals surface area contributed by atoms with Crippen LogP contribution in [0.2, 0.25) is 0 Å². The van der Waals surface area contributed by atoms with E-state index in [1.165, 1.54) is 0 Å². The third-order valence-corrected chi connectivity index (χ3v) is 3.97. The van der Waals surface area contributed by atoms with Crippen molar-refractivity contribution in [1.82, 2.24) is 0 Å². The summed E-state index contributed by atoms with van der Waals surface area (Å²) in [7, 11) is 0. The lowest BCUT2D eigenvalue weighted by Crippen LogP contribution is -2.26. The van der Waals surface area contributed by atoms with Crippen molar-refractivity contribution < 1.29 is 41.0 Å². The number of benzene rings is 2. The van der Waals surface area contributed by atoms with Crippen LogP contribution in [0.3, 0.4) is 0 Å². The molecule has 0 aromatic heterocycles. The Balaban J connectivity index is 2.27. The SMILES string of the molecule is CC1(O)OC(=O)C(c2c(F)cc(F)cc2F)=C1c1ccc(C(F)(F)F)cc1. The first-order valence-corrected chi connectivity index (χ1v) is 7.45. The molecule has 2 aromatic carbocycles. The van der Waals surface area contributed by atoms with Gasteiger partial charge in [-0.2, -0.15) is 13.2 Å².